The van der Waals surface area contributed by atoms with Gasteiger partial charge in [-0.25, -0.2) is 4.79 Å². The Morgan fingerprint density at radius 1 is 1.78 bits per heavy atom. The molecular weight excluding hydrogens is 123 g/mol. The van der Waals surface area contributed by atoms with Gasteiger partial charge < -0.3 is 10.6 Å². The first-order valence-electron chi connectivity index (χ1n) is 2.93. The van der Waals surface area contributed by atoms with Crippen LogP contribution in [0.2, 0.25) is 0 Å². The number of amides is 2. The standard InChI is InChI=1S/C5H9FN2O/c6-2-1-4-3-7-5(9)8-4/h4H,1-3H2,(H2,7,8,9). The molecule has 1 unspecified atom stereocenters. The van der Waals surface area contributed by atoms with Crippen molar-refractivity contribution in [2.45, 2.75) is 12.5 Å². The van der Waals surface area contributed by atoms with Crippen LogP contribution in [0.4, 0.5) is 9.18 Å². The van der Waals surface area contributed by atoms with E-state index in [0.717, 1.165) is 0 Å². The van der Waals surface area contributed by atoms with E-state index >= 15 is 0 Å². The van der Waals surface area contributed by atoms with Gasteiger partial charge in [-0.2, -0.15) is 0 Å². The second-order valence-corrected chi connectivity index (χ2v) is 2.03. The third kappa shape index (κ3) is 1.55. The number of urea groups is 1. The predicted molar refractivity (Wildman–Crippen MR) is 30.9 cm³/mol. The Kier molecular flexibility index (Phi) is 1.87. The summed E-state index contributed by atoms with van der Waals surface area (Å²) in [5.74, 6) is 0. The summed E-state index contributed by atoms with van der Waals surface area (Å²) in [5, 5.41) is 5.10. The lowest BCUT2D eigenvalue weighted by atomic mass is 10.2. The zero-order valence-corrected chi connectivity index (χ0v) is 4.98. The minimum atomic E-state index is -0.368. The normalized spacial score (nSPS) is 25.4. The van der Waals surface area contributed by atoms with Gasteiger partial charge in [-0.3, -0.25) is 4.39 Å². The van der Waals surface area contributed by atoms with E-state index in [2.05, 4.69) is 10.6 Å². The van der Waals surface area contributed by atoms with Gasteiger partial charge in [-0.1, -0.05) is 0 Å². The van der Waals surface area contributed by atoms with Gasteiger partial charge in [-0.05, 0) is 6.42 Å². The summed E-state index contributed by atoms with van der Waals surface area (Å²) in [4.78, 5) is 10.4. The molecule has 1 rings (SSSR count). The summed E-state index contributed by atoms with van der Waals surface area (Å²) in [6, 6.07) is -0.184. The highest BCUT2D eigenvalue weighted by Gasteiger charge is 2.18. The lowest BCUT2D eigenvalue weighted by molar-refractivity contribution is 0.247. The molecule has 0 bridgehead atoms. The second kappa shape index (κ2) is 2.66. The lowest BCUT2D eigenvalue weighted by Crippen LogP contribution is -2.26. The van der Waals surface area contributed by atoms with Crippen molar-refractivity contribution in [3.63, 3.8) is 0 Å². The summed E-state index contributed by atoms with van der Waals surface area (Å²) in [6.45, 7) is 0.190. The monoisotopic (exact) mass is 132 g/mol. The largest absolute Gasteiger partial charge is 0.336 e. The number of hydrogen-bond acceptors (Lipinski definition) is 1. The Morgan fingerprint density at radius 3 is 3.00 bits per heavy atom. The maximum Gasteiger partial charge on any atom is 0.315 e. The second-order valence-electron chi connectivity index (χ2n) is 2.03. The van der Waals surface area contributed by atoms with Crippen LogP contribution in [0.1, 0.15) is 6.42 Å². The van der Waals surface area contributed by atoms with Crippen LogP contribution in [0.5, 0.6) is 0 Å². The number of carbonyl (C=O) groups excluding carboxylic acids is 1. The Hall–Kier alpha value is -0.800. The summed E-state index contributed by atoms with van der Waals surface area (Å²) < 4.78 is 11.6. The fourth-order valence-electron chi connectivity index (χ4n) is 0.809. The molecule has 1 fully saturated rings. The molecule has 0 spiro atoms. The minimum Gasteiger partial charge on any atom is -0.336 e. The molecule has 4 heteroatoms. The van der Waals surface area contributed by atoms with Gasteiger partial charge in [-0.15, -0.1) is 0 Å². The highest BCUT2D eigenvalue weighted by Crippen LogP contribution is 1.95. The van der Waals surface area contributed by atoms with E-state index in [1.165, 1.54) is 0 Å². The van der Waals surface area contributed by atoms with Crippen molar-refractivity contribution in [1.29, 1.82) is 0 Å². The van der Waals surface area contributed by atoms with Crippen molar-refractivity contribution in [2.24, 2.45) is 0 Å². The molecule has 0 aromatic carbocycles. The van der Waals surface area contributed by atoms with Gasteiger partial charge in [0.1, 0.15) is 0 Å². The third-order valence-electron chi connectivity index (χ3n) is 1.30. The van der Waals surface area contributed by atoms with Crippen LogP contribution >= 0.6 is 0 Å². The van der Waals surface area contributed by atoms with Crippen LogP contribution in [-0.4, -0.2) is 25.3 Å². The van der Waals surface area contributed by atoms with E-state index in [-0.39, 0.29) is 18.7 Å². The minimum absolute atomic E-state index is 0.00231. The highest BCUT2D eigenvalue weighted by molar-refractivity contribution is 5.76. The van der Waals surface area contributed by atoms with Crippen molar-refractivity contribution in [3.05, 3.63) is 0 Å². The highest BCUT2D eigenvalue weighted by atomic mass is 19.1. The summed E-state index contributed by atoms with van der Waals surface area (Å²) >= 11 is 0. The van der Waals surface area contributed by atoms with E-state index in [4.69, 9.17) is 0 Å². The molecule has 0 aromatic heterocycles. The average Bonchev–Trinajstić information content (AvgIpc) is 2.17. The van der Waals surface area contributed by atoms with Crippen LogP contribution in [0, 0.1) is 0 Å². The molecule has 52 valence electrons. The molecule has 0 saturated carbocycles. The first-order chi connectivity index (χ1) is 4.33. The van der Waals surface area contributed by atoms with Crippen LogP contribution in [0.3, 0.4) is 0 Å². The van der Waals surface area contributed by atoms with Gasteiger partial charge in [0, 0.05) is 6.54 Å². The van der Waals surface area contributed by atoms with Crippen LogP contribution < -0.4 is 10.6 Å². The van der Waals surface area contributed by atoms with E-state index in [1.807, 2.05) is 0 Å². The zero-order valence-electron chi connectivity index (χ0n) is 4.98. The first-order valence-corrected chi connectivity index (χ1v) is 2.93. The molecule has 0 aromatic rings. The fraction of sp³-hybridized carbons (Fsp3) is 0.800. The maximum atomic E-state index is 11.6. The number of rotatable bonds is 2. The Bertz CT molecular complexity index is 118. The van der Waals surface area contributed by atoms with Crippen molar-refractivity contribution in [2.75, 3.05) is 13.2 Å². The Morgan fingerprint density at radius 2 is 2.56 bits per heavy atom. The summed E-state index contributed by atoms with van der Waals surface area (Å²) in [5.41, 5.74) is 0. The molecule has 2 amide bonds. The smallest absolute Gasteiger partial charge is 0.315 e. The van der Waals surface area contributed by atoms with Crippen molar-refractivity contribution < 1.29 is 9.18 Å². The first kappa shape index (κ1) is 6.32. The molecule has 1 atom stereocenters. The third-order valence-corrected chi connectivity index (χ3v) is 1.30. The van der Waals surface area contributed by atoms with Gasteiger partial charge in [0.2, 0.25) is 0 Å². The van der Waals surface area contributed by atoms with Crippen molar-refractivity contribution in [3.8, 4) is 0 Å². The molecule has 1 saturated heterocycles. The van der Waals surface area contributed by atoms with Gasteiger partial charge in [0.25, 0.3) is 0 Å². The number of alkyl halides is 1. The van der Waals surface area contributed by atoms with E-state index in [0.29, 0.717) is 13.0 Å². The SMILES string of the molecule is O=C1NCC(CCF)N1. The van der Waals surface area contributed by atoms with E-state index < -0.39 is 0 Å². The molecular formula is C5H9FN2O. The number of carbonyl (C=O) groups is 1. The Labute approximate surface area is 52.6 Å². The van der Waals surface area contributed by atoms with E-state index in [9.17, 15) is 9.18 Å². The van der Waals surface area contributed by atoms with Crippen LogP contribution in [0.25, 0.3) is 0 Å². The van der Waals surface area contributed by atoms with Gasteiger partial charge >= 0.3 is 6.03 Å². The molecule has 1 aliphatic heterocycles. The van der Waals surface area contributed by atoms with Crippen LogP contribution in [0.15, 0.2) is 0 Å². The molecule has 2 N–H and O–H groups in total. The molecule has 1 heterocycles. The number of hydrogen-bond donors (Lipinski definition) is 2. The quantitative estimate of drug-likeness (QED) is 0.546. The molecule has 1 aliphatic rings. The predicted octanol–water partition coefficient (Wildman–Crippen LogP) is 0.0274. The Balaban J connectivity index is 2.22. The molecule has 0 radical (unpaired) electrons. The molecule has 3 nitrogen and oxygen atoms in total. The summed E-state index contributed by atoms with van der Waals surface area (Å²) in [6.07, 6.45) is 0.415. The number of halogens is 1. The zero-order chi connectivity index (χ0) is 6.69. The summed E-state index contributed by atoms with van der Waals surface area (Å²) in [7, 11) is 0. The topological polar surface area (TPSA) is 41.1 Å². The number of nitrogens with one attached hydrogen (secondary N) is 2. The lowest BCUT2D eigenvalue weighted by Gasteiger charge is -2.02. The van der Waals surface area contributed by atoms with E-state index in [1.54, 1.807) is 0 Å². The molecule has 0 aliphatic carbocycles. The van der Waals surface area contributed by atoms with Gasteiger partial charge in [0.15, 0.2) is 0 Å². The van der Waals surface area contributed by atoms with Gasteiger partial charge in [0.05, 0.1) is 12.7 Å². The van der Waals surface area contributed by atoms with Crippen molar-refractivity contribution in [1.82, 2.24) is 10.6 Å². The average molecular weight is 132 g/mol. The van der Waals surface area contributed by atoms with Crippen molar-refractivity contribution >= 4 is 6.03 Å². The van der Waals surface area contributed by atoms with Crippen LogP contribution in [-0.2, 0) is 0 Å². The molecule has 9 heavy (non-hydrogen) atoms. The fourth-order valence-corrected chi connectivity index (χ4v) is 0.809. The maximum absolute atomic E-state index is 11.6.